The number of fused-ring (bicyclic) bond motifs is 1. The second-order valence-electron chi connectivity index (χ2n) is 5.99. The first kappa shape index (κ1) is 13.7. The highest BCUT2D eigenvalue weighted by molar-refractivity contribution is 6.34. The van der Waals surface area contributed by atoms with Gasteiger partial charge in [-0.2, -0.15) is 0 Å². The molecule has 1 saturated heterocycles. The minimum atomic E-state index is 0.0756. The van der Waals surface area contributed by atoms with Gasteiger partial charge in [0.05, 0.1) is 10.6 Å². The third-order valence-electron chi connectivity index (χ3n) is 4.73. The number of piperidine rings is 1. The standard InChI is InChI=1S/C16H21ClN2O/c17-14-10-12(18)7-8-13(14)16(20)19-9-3-5-11-4-1-2-6-15(11)19/h7-8,10-11,15H,1-6,9,18H2/t11-,15-/m1/s1. The molecule has 20 heavy (non-hydrogen) atoms. The van der Waals surface area contributed by atoms with E-state index in [2.05, 4.69) is 4.90 Å². The Balaban J connectivity index is 1.85. The van der Waals surface area contributed by atoms with Crippen molar-refractivity contribution < 1.29 is 4.79 Å². The number of carbonyl (C=O) groups excluding carboxylic acids is 1. The zero-order chi connectivity index (χ0) is 14.1. The predicted molar refractivity (Wildman–Crippen MR) is 81.9 cm³/mol. The van der Waals surface area contributed by atoms with Gasteiger partial charge in [-0.3, -0.25) is 4.79 Å². The van der Waals surface area contributed by atoms with Gasteiger partial charge in [-0.25, -0.2) is 0 Å². The SMILES string of the molecule is Nc1ccc(C(=O)N2CCC[C@H]3CCCC[C@H]32)c(Cl)c1. The Morgan fingerprint density at radius 2 is 1.95 bits per heavy atom. The van der Waals surface area contributed by atoms with E-state index in [1.807, 2.05) is 0 Å². The van der Waals surface area contributed by atoms with E-state index < -0.39 is 0 Å². The Labute approximate surface area is 125 Å². The molecule has 2 fully saturated rings. The van der Waals surface area contributed by atoms with Crippen LogP contribution >= 0.6 is 11.6 Å². The number of halogens is 1. The molecule has 1 aliphatic carbocycles. The summed E-state index contributed by atoms with van der Waals surface area (Å²) >= 11 is 6.19. The molecule has 1 heterocycles. The molecule has 2 atom stereocenters. The first-order valence-electron chi connectivity index (χ1n) is 7.53. The highest BCUT2D eigenvalue weighted by Crippen LogP contribution is 2.36. The van der Waals surface area contributed by atoms with Crippen LogP contribution in [0.25, 0.3) is 0 Å². The number of carbonyl (C=O) groups is 1. The second-order valence-corrected chi connectivity index (χ2v) is 6.40. The van der Waals surface area contributed by atoms with Crippen molar-refractivity contribution in [3.63, 3.8) is 0 Å². The van der Waals surface area contributed by atoms with Gasteiger partial charge in [0.15, 0.2) is 0 Å². The van der Waals surface area contributed by atoms with Crippen LogP contribution in [0.2, 0.25) is 5.02 Å². The van der Waals surface area contributed by atoms with E-state index in [0.29, 0.717) is 28.2 Å². The van der Waals surface area contributed by atoms with Crippen LogP contribution in [0.5, 0.6) is 0 Å². The van der Waals surface area contributed by atoms with Gasteiger partial charge in [0.25, 0.3) is 5.91 Å². The highest BCUT2D eigenvalue weighted by Gasteiger charge is 2.36. The van der Waals surface area contributed by atoms with Crippen LogP contribution < -0.4 is 5.73 Å². The first-order valence-corrected chi connectivity index (χ1v) is 7.90. The maximum Gasteiger partial charge on any atom is 0.255 e. The fraction of sp³-hybridized carbons (Fsp3) is 0.562. The van der Waals surface area contributed by atoms with Crippen LogP contribution in [0.3, 0.4) is 0 Å². The molecule has 3 rings (SSSR count). The normalized spacial score (nSPS) is 26.1. The van der Waals surface area contributed by atoms with E-state index in [0.717, 1.165) is 19.4 Å². The lowest BCUT2D eigenvalue weighted by Gasteiger charge is -2.44. The average Bonchev–Trinajstić information content (AvgIpc) is 2.46. The van der Waals surface area contributed by atoms with Crippen molar-refractivity contribution in [2.45, 2.75) is 44.6 Å². The number of hydrogen-bond donors (Lipinski definition) is 1. The molecular weight excluding hydrogens is 272 g/mol. The molecule has 1 aromatic carbocycles. The average molecular weight is 293 g/mol. The number of nitrogens with two attached hydrogens (primary N) is 1. The molecule has 108 valence electrons. The van der Waals surface area contributed by atoms with Crippen molar-refractivity contribution in [3.05, 3.63) is 28.8 Å². The molecule has 0 aromatic heterocycles. The summed E-state index contributed by atoms with van der Waals surface area (Å²) in [5.41, 5.74) is 6.89. The van der Waals surface area contributed by atoms with E-state index >= 15 is 0 Å². The summed E-state index contributed by atoms with van der Waals surface area (Å²) in [6, 6.07) is 5.59. The number of likely N-dealkylation sites (tertiary alicyclic amines) is 1. The Bertz CT molecular complexity index is 515. The van der Waals surface area contributed by atoms with Crippen LogP contribution in [-0.2, 0) is 0 Å². The summed E-state index contributed by atoms with van der Waals surface area (Å²) in [6.07, 6.45) is 7.34. The molecule has 2 aliphatic rings. The quantitative estimate of drug-likeness (QED) is 0.802. The Kier molecular flexibility index (Phi) is 3.88. The Morgan fingerprint density at radius 1 is 1.20 bits per heavy atom. The van der Waals surface area contributed by atoms with Crippen molar-refractivity contribution in [1.29, 1.82) is 0 Å². The number of anilines is 1. The minimum Gasteiger partial charge on any atom is -0.399 e. The Morgan fingerprint density at radius 3 is 2.75 bits per heavy atom. The van der Waals surface area contributed by atoms with Gasteiger partial charge in [-0.15, -0.1) is 0 Å². The maximum absolute atomic E-state index is 12.8. The zero-order valence-electron chi connectivity index (χ0n) is 11.6. The summed E-state index contributed by atoms with van der Waals surface area (Å²) in [5, 5.41) is 0.466. The summed E-state index contributed by atoms with van der Waals surface area (Å²) in [5.74, 6) is 0.764. The summed E-state index contributed by atoms with van der Waals surface area (Å²) in [7, 11) is 0. The fourth-order valence-corrected chi connectivity index (χ4v) is 4.01. The molecule has 1 aromatic rings. The molecule has 0 radical (unpaired) electrons. The number of nitrogen functional groups attached to an aromatic ring is 1. The molecule has 1 amide bonds. The van der Waals surface area contributed by atoms with Gasteiger partial charge >= 0.3 is 0 Å². The number of rotatable bonds is 1. The van der Waals surface area contributed by atoms with Gasteiger partial charge in [-0.05, 0) is 49.8 Å². The predicted octanol–water partition coefficient (Wildman–Crippen LogP) is 3.72. The summed E-state index contributed by atoms with van der Waals surface area (Å²) in [6.45, 7) is 0.862. The molecule has 0 bridgehead atoms. The number of nitrogens with zero attached hydrogens (tertiary/aromatic N) is 1. The number of hydrogen-bond acceptors (Lipinski definition) is 2. The lowest BCUT2D eigenvalue weighted by molar-refractivity contribution is 0.0391. The van der Waals surface area contributed by atoms with Gasteiger partial charge in [0.2, 0.25) is 0 Å². The lowest BCUT2D eigenvalue weighted by atomic mass is 9.78. The van der Waals surface area contributed by atoms with Crippen LogP contribution in [0, 0.1) is 5.92 Å². The fourth-order valence-electron chi connectivity index (χ4n) is 3.74. The van der Waals surface area contributed by atoms with Gasteiger partial charge in [-0.1, -0.05) is 24.4 Å². The summed E-state index contributed by atoms with van der Waals surface area (Å²) in [4.78, 5) is 14.8. The van der Waals surface area contributed by atoms with Gasteiger partial charge in [0.1, 0.15) is 0 Å². The van der Waals surface area contributed by atoms with E-state index in [9.17, 15) is 4.79 Å². The number of benzene rings is 1. The molecule has 3 nitrogen and oxygen atoms in total. The van der Waals surface area contributed by atoms with E-state index in [1.54, 1.807) is 18.2 Å². The summed E-state index contributed by atoms with van der Waals surface area (Å²) < 4.78 is 0. The lowest BCUT2D eigenvalue weighted by Crippen LogP contribution is -2.49. The molecular formula is C16H21ClN2O. The Hall–Kier alpha value is -1.22. The van der Waals surface area contributed by atoms with E-state index in [4.69, 9.17) is 17.3 Å². The molecule has 1 aliphatic heterocycles. The molecule has 1 saturated carbocycles. The third-order valence-corrected chi connectivity index (χ3v) is 5.04. The van der Waals surface area contributed by atoms with Gasteiger partial charge in [0, 0.05) is 18.3 Å². The van der Waals surface area contributed by atoms with Crippen LogP contribution in [0.15, 0.2) is 18.2 Å². The van der Waals surface area contributed by atoms with Crippen LogP contribution in [0.4, 0.5) is 5.69 Å². The van der Waals surface area contributed by atoms with E-state index in [-0.39, 0.29) is 5.91 Å². The van der Waals surface area contributed by atoms with Crippen molar-refractivity contribution in [2.24, 2.45) is 5.92 Å². The minimum absolute atomic E-state index is 0.0756. The monoisotopic (exact) mass is 292 g/mol. The largest absolute Gasteiger partial charge is 0.399 e. The second kappa shape index (κ2) is 5.65. The number of amides is 1. The third kappa shape index (κ3) is 2.51. The van der Waals surface area contributed by atoms with E-state index in [1.165, 1.54) is 25.7 Å². The molecule has 0 unspecified atom stereocenters. The van der Waals surface area contributed by atoms with Crippen molar-refractivity contribution in [2.75, 3.05) is 12.3 Å². The van der Waals surface area contributed by atoms with Crippen LogP contribution in [-0.4, -0.2) is 23.4 Å². The van der Waals surface area contributed by atoms with Gasteiger partial charge < -0.3 is 10.6 Å². The van der Waals surface area contributed by atoms with Crippen LogP contribution in [0.1, 0.15) is 48.9 Å². The molecule has 0 spiro atoms. The molecule has 2 N–H and O–H groups in total. The zero-order valence-corrected chi connectivity index (χ0v) is 12.4. The van der Waals surface area contributed by atoms with Crippen molar-refractivity contribution in [3.8, 4) is 0 Å². The highest BCUT2D eigenvalue weighted by atomic mass is 35.5. The topological polar surface area (TPSA) is 46.3 Å². The smallest absolute Gasteiger partial charge is 0.255 e. The van der Waals surface area contributed by atoms with Crippen molar-refractivity contribution >= 4 is 23.2 Å². The molecule has 4 heteroatoms. The first-order chi connectivity index (χ1) is 9.66. The van der Waals surface area contributed by atoms with Crippen molar-refractivity contribution in [1.82, 2.24) is 4.90 Å². The maximum atomic E-state index is 12.8.